The van der Waals surface area contributed by atoms with Crippen molar-refractivity contribution in [1.29, 1.82) is 0 Å². The molecule has 178 valence electrons. The molecule has 3 aromatic rings. The summed E-state index contributed by atoms with van der Waals surface area (Å²) < 4.78 is 13.8. The largest absolute Gasteiger partial charge is 0.330 e. The minimum atomic E-state index is -0.486. The Hall–Kier alpha value is -2.41. The molecule has 2 aromatic carbocycles. The lowest BCUT2D eigenvalue weighted by atomic mass is 9.93. The molecule has 0 radical (unpaired) electrons. The Morgan fingerprint density at radius 1 is 1.18 bits per heavy atom. The monoisotopic (exact) mass is 518 g/mol. The summed E-state index contributed by atoms with van der Waals surface area (Å²) in [6.45, 7) is 4.25. The average molecular weight is 519 g/mol. The molecular formula is C26H25Cl2FN2O2S. The Morgan fingerprint density at radius 3 is 2.68 bits per heavy atom. The van der Waals surface area contributed by atoms with Crippen LogP contribution >= 0.6 is 34.5 Å². The van der Waals surface area contributed by atoms with Crippen molar-refractivity contribution in [2.75, 3.05) is 13.1 Å². The van der Waals surface area contributed by atoms with Crippen LogP contribution in [0.3, 0.4) is 0 Å². The van der Waals surface area contributed by atoms with Crippen LogP contribution < -0.4 is 0 Å². The summed E-state index contributed by atoms with van der Waals surface area (Å²) in [7, 11) is 0. The van der Waals surface area contributed by atoms with Crippen LogP contribution in [0.1, 0.15) is 52.7 Å². The van der Waals surface area contributed by atoms with Gasteiger partial charge in [-0.15, -0.1) is 11.3 Å². The van der Waals surface area contributed by atoms with Gasteiger partial charge >= 0.3 is 0 Å². The van der Waals surface area contributed by atoms with E-state index in [1.165, 1.54) is 28.0 Å². The van der Waals surface area contributed by atoms with E-state index in [9.17, 15) is 14.0 Å². The van der Waals surface area contributed by atoms with E-state index in [4.69, 9.17) is 23.2 Å². The number of benzene rings is 2. The van der Waals surface area contributed by atoms with Gasteiger partial charge in [-0.1, -0.05) is 42.3 Å². The second-order valence-corrected chi connectivity index (χ2v) is 10.2. The summed E-state index contributed by atoms with van der Waals surface area (Å²) in [5.74, 6) is -1.03. The van der Waals surface area contributed by atoms with Gasteiger partial charge < -0.3 is 9.80 Å². The molecule has 8 heteroatoms. The molecule has 1 aliphatic rings. The Balaban J connectivity index is 1.67. The third kappa shape index (κ3) is 4.99. The maximum atomic E-state index is 13.8. The van der Waals surface area contributed by atoms with E-state index in [0.29, 0.717) is 23.0 Å². The normalized spacial score (nSPS) is 16.1. The van der Waals surface area contributed by atoms with Gasteiger partial charge in [-0.3, -0.25) is 9.59 Å². The van der Waals surface area contributed by atoms with Gasteiger partial charge in [0, 0.05) is 33.1 Å². The number of nitrogens with zero attached hydrogens (tertiary/aromatic N) is 2. The fraction of sp³-hybridized carbons (Fsp3) is 0.308. The predicted molar refractivity (Wildman–Crippen MR) is 135 cm³/mol. The molecule has 2 atom stereocenters. The highest BCUT2D eigenvalue weighted by atomic mass is 35.5. The fourth-order valence-electron chi connectivity index (χ4n) is 4.32. The van der Waals surface area contributed by atoms with Gasteiger partial charge in [0.2, 0.25) is 5.91 Å². The van der Waals surface area contributed by atoms with Crippen LogP contribution in [-0.2, 0) is 11.2 Å². The van der Waals surface area contributed by atoms with Gasteiger partial charge in [0.15, 0.2) is 0 Å². The van der Waals surface area contributed by atoms with Gasteiger partial charge in [0.1, 0.15) is 12.4 Å². The van der Waals surface area contributed by atoms with Gasteiger partial charge in [-0.2, -0.15) is 0 Å². The molecule has 0 saturated carbocycles. The maximum absolute atomic E-state index is 13.8. The molecule has 2 amide bonds. The minimum Gasteiger partial charge on any atom is -0.330 e. The highest BCUT2D eigenvalue weighted by molar-refractivity contribution is 7.10. The molecule has 0 fully saturated rings. The molecule has 1 aliphatic heterocycles. The zero-order valence-electron chi connectivity index (χ0n) is 18.9. The topological polar surface area (TPSA) is 40.6 Å². The van der Waals surface area contributed by atoms with E-state index in [0.717, 1.165) is 17.5 Å². The summed E-state index contributed by atoms with van der Waals surface area (Å²) >= 11 is 14.4. The van der Waals surface area contributed by atoms with Crippen LogP contribution in [-0.4, -0.2) is 40.7 Å². The molecule has 2 heterocycles. The fourth-order valence-corrected chi connectivity index (χ4v) is 5.73. The maximum Gasteiger partial charge on any atom is 0.254 e. The number of rotatable bonds is 6. The summed E-state index contributed by atoms with van der Waals surface area (Å²) in [4.78, 5) is 31.5. The van der Waals surface area contributed by atoms with Crippen molar-refractivity contribution in [3.63, 3.8) is 0 Å². The van der Waals surface area contributed by atoms with E-state index in [-0.39, 0.29) is 36.0 Å². The summed E-state index contributed by atoms with van der Waals surface area (Å²) in [6.07, 6.45) is 1.40. The van der Waals surface area contributed by atoms with Crippen molar-refractivity contribution in [2.24, 2.45) is 0 Å². The van der Waals surface area contributed by atoms with Gasteiger partial charge in [0.25, 0.3) is 5.91 Å². The first-order valence-corrected chi connectivity index (χ1v) is 12.8. The van der Waals surface area contributed by atoms with Crippen molar-refractivity contribution < 1.29 is 14.0 Å². The minimum absolute atomic E-state index is 0.106. The standard InChI is InChI=1S/C26H25Cl2FN2O2S/c1-3-16(2)31(26(33)17-5-4-6-19(29)13-17)15-24(32)30-11-9-23-21(10-12-34-23)25(30)20-8-7-18(27)14-22(20)28/h4-8,10,12-14,16,25H,3,9,11,15H2,1-2H3. The molecule has 0 N–H and O–H groups in total. The first kappa shape index (κ1) is 24.7. The van der Waals surface area contributed by atoms with Gasteiger partial charge in [-0.25, -0.2) is 4.39 Å². The number of hydrogen-bond acceptors (Lipinski definition) is 3. The van der Waals surface area contributed by atoms with E-state index in [1.54, 1.807) is 34.4 Å². The highest BCUT2D eigenvalue weighted by Crippen LogP contribution is 2.41. The molecule has 0 saturated heterocycles. The number of carbonyl (C=O) groups is 2. The smallest absolute Gasteiger partial charge is 0.254 e. The average Bonchev–Trinajstić information content (AvgIpc) is 3.30. The molecule has 2 unspecified atom stereocenters. The number of hydrogen-bond donors (Lipinski definition) is 0. The van der Waals surface area contributed by atoms with E-state index < -0.39 is 5.82 Å². The van der Waals surface area contributed by atoms with Crippen molar-refractivity contribution in [3.05, 3.63) is 91.3 Å². The third-order valence-electron chi connectivity index (χ3n) is 6.30. The molecule has 0 bridgehead atoms. The number of amides is 2. The van der Waals surface area contributed by atoms with Crippen LogP contribution in [0.25, 0.3) is 0 Å². The quantitative estimate of drug-likeness (QED) is 0.368. The van der Waals surface area contributed by atoms with E-state index in [2.05, 4.69) is 0 Å². The second-order valence-electron chi connectivity index (χ2n) is 8.41. The molecule has 0 spiro atoms. The molecule has 34 heavy (non-hydrogen) atoms. The number of fused-ring (bicyclic) bond motifs is 1. The van der Waals surface area contributed by atoms with Crippen LogP contribution in [0.4, 0.5) is 4.39 Å². The van der Waals surface area contributed by atoms with Crippen molar-refractivity contribution in [3.8, 4) is 0 Å². The van der Waals surface area contributed by atoms with E-state index >= 15 is 0 Å². The molecule has 1 aromatic heterocycles. The Bertz CT molecular complexity index is 1220. The Morgan fingerprint density at radius 2 is 1.97 bits per heavy atom. The summed E-state index contributed by atoms with van der Waals surface area (Å²) in [5.41, 5.74) is 2.06. The van der Waals surface area contributed by atoms with Crippen molar-refractivity contribution in [1.82, 2.24) is 9.80 Å². The highest BCUT2D eigenvalue weighted by Gasteiger charge is 2.35. The van der Waals surface area contributed by atoms with Crippen molar-refractivity contribution >= 4 is 46.4 Å². The number of carbonyl (C=O) groups excluding carboxylic acids is 2. The number of thiophene rings is 1. The first-order valence-electron chi connectivity index (χ1n) is 11.2. The summed E-state index contributed by atoms with van der Waals surface area (Å²) in [6, 6.07) is 12.3. The predicted octanol–water partition coefficient (Wildman–Crippen LogP) is 6.61. The SMILES string of the molecule is CCC(C)N(CC(=O)N1CCc2sccc2C1c1ccc(Cl)cc1Cl)C(=O)c1cccc(F)c1. The van der Waals surface area contributed by atoms with Gasteiger partial charge in [0.05, 0.1) is 6.04 Å². The van der Waals surface area contributed by atoms with Crippen LogP contribution in [0, 0.1) is 5.82 Å². The third-order valence-corrected chi connectivity index (χ3v) is 7.86. The van der Waals surface area contributed by atoms with E-state index in [1.807, 2.05) is 31.4 Å². The zero-order valence-corrected chi connectivity index (χ0v) is 21.3. The zero-order chi connectivity index (χ0) is 24.4. The lowest BCUT2D eigenvalue weighted by molar-refractivity contribution is -0.134. The Labute approximate surface area is 212 Å². The lowest BCUT2D eigenvalue weighted by Crippen LogP contribution is -2.49. The molecule has 0 aliphatic carbocycles. The number of halogens is 3. The lowest BCUT2D eigenvalue weighted by Gasteiger charge is -2.38. The molecular weight excluding hydrogens is 494 g/mol. The van der Waals surface area contributed by atoms with Crippen LogP contribution in [0.2, 0.25) is 10.0 Å². The van der Waals surface area contributed by atoms with Crippen LogP contribution in [0.15, 0.2) is 53.9 Å². The second kappa shape index (κ2) is 10.5. The first-order chi connectivity index (χ1) is 16.3. The molecule has 4 rings (SSSR count). The molecule has 4 nitrogen and oxygen atoms in total. The van der Waals surface area contributed by atoms with Crippen LogP contribution in [0.5, 0.6) is 0 Å². The Kier molecular flexibility index (Phi) is 7.60. The van der Waals surface area contributed by atoms with Crippen molar-refractivity contribution in [2.45, 2.75) is 38.8 Å². The summed E-state index contributed by atoms with van der Waals surface area (Å²) in [5, 5.41) is 3.04. The van der Waals surface area contributed by atoms with Gasteiger partial charge in [-0.05, 0) is 72.7 Å².